The van der Waals surface area contributed by atoms with E-state index in [1.54, 1.807) is 0 Å². The Morgan fingerprint density at radius 1 is 1.46 bits per heavy atom. The number of ether oxygens (including phenoxy) is 1. The number of nitrogen functional groups attached to an aromatic ring is 1. The first kappa shape index (κ1) is 8.42. The van der Waals surface area contributed by atoms with Gasteiger partial charge in [0.15, 0.2) is 0 Å². The molecule has 0 amide bonds. The standard InChI is InChI=1S/C11H15NO/c1-7-5-9(3-4-10(7)12)13-11-6-8(11)2/h3-5,8,11H,6,12H2,1-2H3. The highest BCUT2D eigenvalue weighted by Crippen LogP contribution is 2.34. The van der Waals surface area contributed by atoms with Gasteiger partial charge in [-0.2, -0.15) is 0 Å². The van der Waals surface area contributed by atoms with Gasteiger partial charge in [0.2, 0.25) is 0 Å². The molecule has 2 nitrogen and oxygen atoms in total. The summed E-state index contributed by atoms with van der Waals surface area (Å²) in [7, 11) is 0. The van der Waals surface area contributed by atoms with E-state index in [4.69, 9.17) is 10.5 Å². The molecule has 2 rings (SSSR count). The third-order valence-electron chi connectivity index (χ3n) is 2.56. The summed E-state index contributed by atoms with van der Waals surface area (Å²) in [5.41, 5.74) is 7.63. The number of benzene rings is 1. The second kappa shape index (κ2) is 2.95. The summed E-state index contributed by atoms with van der Waals surface area (Å²) in [6, 6.07) is 5.84. The molecule has 0 bridgehead atoms. The van der Waals surface area contributed by atoms with E-state index in [1.807, 2.05) is 25.1 Å². The van der Waals surface area contributed by atoms with Crippen LogP contribution < -0.4 is 10.5 Å². The molecule has 1 aromatic carbocycles. The summed E-state index contributed by atoms with van der Waals surface area (Å²) in [5, 5.41) is 0. The van der Waals surface area contributed by atoms with Crippen LogP contribution in [-0.2, 0) is 0 Å². The van der Waals surface area contributed by atoms with Gasteiger partial charge in [0, 0.05) is 5.69 Å². The van der Waals surface area contributed by atoms with Crippen LogP contribution >= 0.6 is 0 Å². The Balaban J connectivity index is 2.08. The molecule has 0 saturated heterocycles. The lowest BCUT2D eigenvalue weighted by Gasteiger charge is -2.06. The van der Waals surface area contributed by atoms with Gasteiger partial charge in [0.25, 0.3) is 0 Å². The Morgan fingerprint density at radius 3 is 2.69 bits per heavy atom. The van der Waals surface area contributed by atoms with Crippen molar-refractivity contribution in [2.75, 3.05) is 5.73 Å². The van der Waals surface area contributed by atoms with Gasteiger partial charge in [-0.1, -0.05) is 6.92 Å². The van der Waals surface area contributed by atoms with E-state index in [0.717, 1.165) is 22.9 Å². The van der Waals surface area contributed by atoms with E-state index in [2.05, 4.69) is 6.92 Å². The van der Waals surface area contributed by atoms with Crippen molar-refractivity contribution in [2.24, 2.45) is 5.92 Å². The topological polar surface area (TPSA) is 35.2 Å². The minimum atomic E-state index is 0.433. The van der Waals surface area contributed by atoms with Crippen LogP contribution in [0.4, 0.5) is 5.69 Å². The lowest BCUT2D eigenvalue weighted by Crippen LogP contribution is -1.99. The average molecular weight is 177 g/mol. The summed E-state index contributed by atoms with van der Waals surface area (Å²) >= 11 is 0. The summed E-state index contributed by atoms with van der Waals surface area (Å²) in [6.07, 6.45) is 1.62. The Labute approximate surface area is 78.7 Å². The number of rotatable bonds is 2. The molecular weight excluding hydrogens is 162 g/mol. The number of nitrogens with two attached hydrogens (primary N) is 1. The lowest BCUT2D eigenvalue weighted by molar-refractivity contribution is 0.288. The molecule has 0 aromatic heterocycles. The fourth-order valence-corrected chi connectivity index (χ4v) is 1.35. The van der Waals surface area contributed by atoms with E-state index < -0.39 is 0 Å². The molecule has 2 unspecified atom stereocenters. The first-order chi connectivity index (χ1) is 6.16. The normalized spacial score (nSPS) is 25.7. The van der Waals surface area contributed by atoms with Gasteiger partial charge in [-0.05, 0) is 43.0 Å². The number of hydrogen-bond acceptors (Lipinski definition) is 2. The second-order valence-corrected chi connectivity index (χ2v) is 3.89. The Kier molecular flexibility index (Phi) is 1.91. The van der Waals surface area contributed by atoms with Crippen LogP contribution in [0.2, 0.25) is 0 Å². The van der Waals surface area contributed by atoms with Crippen molar-refractivity contribution in [1.82, 2.24) is 0 Å². The fraction of sp³-hybridized carbons (Fsp3) is 0.455. The van der Waals surface area contributed by atoms with E-state index >= 15 is 0 Å². The van der Waals surface area contributed by atoms with Crippen LogP contribution in [0, 0.1) is 12.8 Å². The van der Waals surface area contributed by atoms with Crippen molar-refractivity contribution < 1.29 is 4.74 Å². The van der Waals surface area contributed by atoms with Crippen molar-refractivity contribution in [3.63, 3.8) is 0 Å². The van der Waals surface area contributed by atoms with Gasteiger partial charge in [0.05, 0.1) is 0 Å². The predicted molar refractivity (Wildman–Crippen MR) is 53.8 cm³/mol. The predicted octanol–water partition coefficient (Wildman–Crippen LogP) is 2.36. The van der Waals surface area contributed by atoms with Crippen LogP contribution in [-0.4, -0.2) is 6.10 Å². The summed E-state index contributed by atoms with van der Waals surface area (Å²) < 4.78 is 5.72. The second-order valence-electron chi connectivity index (χ2n) is 3.89. The molecule has 0 heterocycles. The smallest absolute Gasteiger partial charge is 0.120 e. The highest BCUT2D eigenvalue weighted by Gasteiger charge is 2.34. The maximum absolute atomic E-state index is 5.72. The van der Waals surface area contributed by atoms with Crippen LogP contribution in [0.3, 0.4) is 0 Å². The molecule has 0 aliphatic heterocycles. The third kappa shape index (κ3) is 1.77. The number of aryl methyl sites for hydroxylation is 1. The zero-order valence-corrected chi connectivity index (χ0v) is 8.08. The highest BCUT2D eigenvalue weighted by molar-refractivity contribution is 5.49. The van der Waals surface area contributed by atoms with Crippen LogP contribution in [0.25, 0.3) is 0 Å². The molecule has 70 valence electrons. The van der Waals surface area contributed by atoms with Gasteiger partial charge in [0.1, 0.15) is 11.9 Å². The van der Waals surface area contributed by atoms with Crippen molar-refractivity contribution in [2.45, 2.75) is 26.4 Å². The molecule has 2 N–H and O–H groups in total. The van der Waals surface area contributed by atoms with Crippen molar-refractivity contribution in [3.8, 4) is 5.75 Å². The van der Waals surface area contributed by atoms with Gasteiger partial charge in [-0.3, -0.25) is 0 Å². The first-order valence-corrected chi connectivity index (χ1v) is 4.69. The largest absolute Gasteiger partial charge is 0.490 e. The molecule has 13 heavy (non-hydrogen) atoms. The summed E-state index contributed by atoms with van der Waals surface area (Å²) in [5.74, 6) is 1.67. The molecule has 1 fully saturated rings. The molecular formula is C11H15NO. The zero-order chi connectivity index (χ0) is 9.42. The van der Waals surface area contributed by atoms with Crippen LogP contribution in [0.1, 0.15) is 18.9 Å². The maximum Gasteiger partial charge on any atom is 0.120 e. The van der Waals surface area contributed by atoms with Crippen molar-refractivity contribution in [3.05, 3.63) is 23.8 Å². The Hall–Kier alpha value is -1.18. The van der Waals surface area contributed by atoms with E-state index in [1.165, 1.54) is 6.42 Å². The molecule has 2 heteroatoms. The van der Waals surface area contributed by atoms with E-state index in [0.29, 0.717) is 6.10 Å². The minimum Gasteiger partial charge on any atom is -0.490 e. The molecule has 0 radical (unpaired) electrons. The highest BCUT2D eigenvalue weighted by atomic mass is 16.5. The molecule has 1 aliphatic rings. The quantitative estimate of drug-likeness (QED) is 0.704. The lowest BCUT2D eigenvalue weighted by atomic mass is 10.2. The molecule has 2 atom stereocenters. The van der Waals surface area contributed by atoms with Gasteiger partial charge in [-0.15, -0.1) is 0 Å². The Morgan fingerprint density at radius 2 is 2.15 bits per heavy atom. The molecule has 0 spiro atoms. The van der Waals surface area contributed by atoms with Crippen molar-refractivity contribution in [1.29, 1.82) is 0 Å². The fourth-order valence-electron chi connectivity index (χ4n) is 1.35. The minimum absolute atomic E-state index is 0.433. The first-order valence-electron chi connectivity index (χ1n) is 4.69. The maximum atomic E-state index is 5.72. The van der Waals surface area contributed by atoms with Crippen molar-refractivity contribution >= 4 is 5.69 Å². The monoisotopic (exact) mass is 177 g/mol. The van der Waals surface area contributed by atoms with E-state index in [-0.39, 0.29) is 0 Å². The molecule has 1 saturated carbocycles. The van der Waals surface area contributed by atoms with Crippen LogP contribution in [0.5, 0.6) is 5.75 Å². The molecule has 1 aliphatic carbocycles. The number of hydrogen-bond donors (Lipinski definition) is 1. The third-order valence-corrected chi connectivity index (χ3v) is 2.56. The summed E-state index contributed by atoms with van der Waals surface area (Å²) in [6.45, 7) is 4.20. The molecule has 1 aromatic rings. The average Bonchev–Trinajstić information content (AvgIpc) is 2.75. The van der Waals surface area contributed by atoms with E-state index in [9.17, 15) is 0 Å². The number of anilines is 1. The zero-order valence-electron chi connectivity index (χ0n) is 8.08. The van der Waals surface area contributed by atoms with Gasteiger partial charge in [-0.25, -0.2) is 0 Å². The van der Waals surface area contributed by atoms with Gasteiger partial charge >= 0.3 is 0 Å². The Bertz CT molecular complexity index is 322. The SMILES string of the molecule is Cc1cc(OC2CC2C)ccc1N. The summed E-state index contributed by atoms with van der Waals surface area (Å²) in [4.78, 5) is 0. The van der Waals surface area contributed by atoms with Gasteiger partial charge < -0.3 is 10.5 Å². The van der Waals surface area contributed by atoms with Crippen LogP contribution in [0.15, 0.2) is 18.2 Å².